The molecule has 0 aromatic carbocycles. The van der Waals surface area contributed by atoms with Crippen LogP contribution < -0.4 is 0 Å². The van der Waals surface area contributed by atoms with E-state index in [0.717, 1.165) is 6.20 Å². The van der Waals surface area contributed by atoms with Crippen LogP contribution >= 0.6 is 11.6 Å². The molecule has 78 valence electrons. The summed E-state index contributed by atoms with van der Waals surface area (Å²) < 4.78 is 1.20. The first-order chi connectivity index (χ1) is 6.54. The highest BCUT2D eigenvalue weighted by atomic mass is 35.5. The minimum absolute atomic E-state index is 0.0316. The number of nitro groups is 1. The molecule has 0 saturated carbocycles. The van der Waals surface area contributed by atoms with Crippen LogP contribution in [0.1, 0.15) is 0 Å². The Hall–Kier alpha value is -1.18. The van der Waals surface area contributed by atoms with Gasteiger partial charge in [-0.2, -0.15) is 0 Å². The quantitative estimate of drug-likeness (QED) is 0.542. The van der Waals surface area contributed by atoms with Crippen molar-refractivity contribution < 1.29 is 15.1 Å². The molecular formula is C6H8ClN3O4. The van der Waals surface area contributed by atoms with E-state index in [1.54, 1.807) is 0 Å². The van der Waals surface area contributed by atoms with E-state index < -0.39 is 17.6 Å². The number of nitrogens with zero attached hydrogens (tertiary/aromatic N) is 3. The summed E-state index contributed by atoms with van der Waals surface area (Å²) in [4.78, 5) is 13.0. The zero-order valence-corrected chi connectivity index (χ0v) is 7.76. The molecule has 0 aliphatic heterocycles. The zero-order chi connectivity index (χ0) is 10.7. The molecule has 0 spiro atoms. The van der Waals surface area contributed by atoms with Crippen molar-refractivity contribution in [3.05, 3.63) is 21.6 Å². The van der Waals surface area contributed by atoms with Gasteiger partial charge in [0.15, 0.2) is 0 Å². The summed E-state index contributed by atoms with van der Waals surface area (Å²) in [5.41, 5.74) is 0. The van der Waals surface area contributed by atoms with Crippen molar-refractivity contribution in [2.45, 2.75) is 12.6 Å². The minimum Gasteiger partial charge on any atom is -0.394 e. The summed E-state index contributed by atoms with van der Waals surface area (Å²) in [6.07, 6.45) is 0.0857. The Labute approximate surface area is 83.7 Å². The molecule has 0 amide bonds. The van der Waals surface area contributed by atoms with Gasteiger partial charge in [0.25, 0.3) is 0 Å². The summed E-state index contributed by atoms with van der Waals surface area (Å²) >= 11 is 5.54. The van der Waals surface area contributed by atoms with Gasteiger partial charge in [-0.05, 0) is 21.5 Å². The predicted octanol–water partition coefficient (Wildman–Crippen LogP) is -0.202. The molecule has 0 fully saturated rings. The monoisotopic (exact) mass is 221 g/mol. The van der Waals surface area contributed by atoms with Gasteiger partial charge in [0.05, 0.1) is 19.3 Å². The Morgan fingerprint density at radius 2 is 2.43 bits per heavy atom. The Kier molecular flexibility index (Phi) is 3.39. The molecule has 8 heteroatoms. The number of rotatable bonds is 4. The van der Waals surface area contributed by atoms with E-state index in [1.165, 1.54) is 4.57 Å². The van der Waals surface area contributed by atoms with E-state index in [0.29, 0.717) is 0 Å². The Balaban J connectivity index is 2.82. The van der Waals surface area contributed by atoms with Crippen molar-refractivity contribution in [3.63, 3.8) is 0 Å². The van der Waals surface area contributed by atoms with Gasteiger partial charge in [-0.3, -0.25) is 4.57 Å². The predicted molar refractivity (Wildman–Crippen MR) is 47.0 cm³/mol. The number of aromatic nitrogens is 2. The average molecular weight is 222 g/mol. The molecule has 1 atom stereocenters. The lowest BCUT2D eigenvalue weighted by Gasteiger charge is -2.05. The van der Waals surface area contributed by atoms with E-state index in [9.17, 15) is 10.1 Å². The van der Waals surface area contributed by atoms with Crippen LogP contribution in [0.4, 0.5) is 5.82 Å². The second-order valence-corrected chi connectivity index (χ2v) is 2.95. The van der Waals surface area contributed by atoms with Gasteiger partial charge in [0.2, 0.25) is 0 Å². The zero-order valence-electron chi connectivity index (χ0n) is 7.00. The normalized spacial score (nSPS) is 12.8. The van der Waals surface area contributed by atoms with Gasteiger partial charge in [-0.25, -0.2) is 0 Å². The molecule has 1 rings (SSSR count). The molecule has 1 aromatic rings. The standard InChI is InChI=1S/C6H8ClN3O4/c7-6-8-5(10(13)14)2-9(6)1-4(12)3-11/h2,4,11-12H,1,3H2. The van der Waals surface area contributed by atoms with Crippen LogP contribution in [0.15, 0.2) is 6.20 Å². The number of aliphatic hydroxyl groups is 2. The van der Waals surface area contributed by atoms with Crippen molar-refractivity contribution in [3.8, 4) is 0 Å². The largest absolute Gasteiger partial charge is 0.394 e. The Morgan fingerprint density at radius 1 is 1.79 bits per heavy atom. The SMILES string of the molecule is O=[N+]([O-])c1cn(CC(O)CO)c(Cl)n1. The van der Waals surface area contributed by atoms with Crippen molar-refractivity contribution in [1.82, 2.24) is 9.55 Å². The van der Waals surface area contributed by atoms with Crippen LogP contribution in [-0.2, 0) is 6.54 Å². The maximum absolute atomic E-state index is 10.3. The summed E-state index contributed by atoms with van der Waals surface area (Å²) in [6.45, 7) is -0.474. The van der Waals surface area contributed by atoms with Gasteiger partial charge in [-0.15, -0.1) is 0 Å². The highest BCUT2D eigenvalue weighted by Crippen LogP contribution is 2.15. The fraction of sp³-hybridized carbons (Fsp3) is 0.500. The van der Waals surface area contributed by atoms with E-state index in [4.69, 9.17) is 21.8 Å². The number of halogens is 1. The summed E-state index contributed by atoms with van der Waals surface area (Å²) in [5, 5.41) is 27.8. The van der Waals surface area contributed by atoms with Gasteiger partial charge in [0.1, 0.15) is 6.20 Å². The van der Waals surface area contributed by atoms with Gasteiger partial charge < -0.3 is 20.3 Å². The fourth-order valence-electron chi connectivity index (χ4n) is 0.881. The van der Waals surface area contributed by atoms with Crippen LogP contribution in [0, 0.1) is 10.1 Å². The molecule has 14 heavy (non-hydrogen) atoms. The Bertz CT molecular complexity index is 340. The maximum Gasteiger partial charge on any atom is 0.383 e. The summed E-state index contributed by atoms with van der Waals surface area (Å²) in [5.74, 6) is -0.389. The van der Waals surface area contributed by atoms with Crippen molar-refractivity contribution in [2.24, 2.45) is 0 Å². The minimum atomic E-state index is -1.01. The molecule has 2 N–H and O–H groups in total. The van der Waals surface area contributed by atoms with Gasteiger partial charge >= 0.3 is 11.1 Å². The lowest BCUT2D eigenvalue weighted by Crippen LogP contribution is -2.19. The first-order valence-electron chi connectivity index (χ1n) is 3.70. The lowest BCUT2D eigenvalue weighted by atomic mass is 10.4. The highest BCUT2D eigenvalue weighted by Gasteiger charge is 2.18. The molecule has 7 nitrogen and oxygen atoms in total. The van der Waals surface area contributed by atoms with Crippen LogP contribution in [0.5, 0.6) is 0 Å². The van der Waals surface area contributed by atoms with E-state index in [1.807, 2.05) is 0 Å². The third-order valence-electron chi connectivity index (χ3n) is 1.52. The number of imidazole rings is 1. The van der Waals surface area contributed by atoms with Crippen LogP contribution in [0.2, 0.25) is 5.28 Å². The summed E-state index contributed by atoms with van der Waals surface area (Å²) in [6, 6.07) is 0. The molecule has 1 unspecified atom stereocenters. The lowest BCUT2D eigenvalue weighted by molar-refractivity contribution is -0.389. The maximum atomic E-state index is 10.3. The topological polar surface area (TPSA) is 101 Å². The van der Waals surface area contributed by atoms with Crippen molar-refractivity contribution in [2.75, 3.05) is 6.61 Å². The molecule has 1 heterocycles. The second-order valence-electron chi connectivity index (χ2n) is 2.61. The molecule has 0 saturated heterocycles. The number of hydrogen-bond acceptors (Lipinski definition) is 5. The fourth-order valence-corrected chi connectivity index (χ4v) is 1.09. The van der Waals surface area contributed by atoms with E-state index in [2.05, 4.69) is 4.98 Å². The molecule has 1 aromatic heterocycles. The van der Waals surface area contributed by atoms with Crippen LogP contribution in [0.3, 0.4) is 0 Å². The average Bonchev–Trinajstić information content (AvgIpc) is 2.48. The van der Waals surface area contributed by atoms with Crippen LogP contribution in [0.25, 0.3) is 0 Å². The molecular weight excluding hydrogens is 214 g/mol. The molecule has 0 bridgehead atoms. The number of aliphatic hydroxyl groups excluding tert-OH is 2. The molecule has 0 aliphatic rings. The van der Waals surface area contributed by atoms with Gasteiger partial charge in [0, 0.05) is 0 Å². The number of hydrogen-bond donors (Lipinski definition) is 2. The third-order valence-corrected chi connectivity index (χ3v) is 1.82. The molecule has 0 aliphatic carbocycles. The Morgan fingerprint density at radius 3 is 2.86 bits per heavy atom. The first kappa shape index (κ1) is 10.9. The van der Waals surface area contributed by atoms with Crippen molar-refractivity contribution in [1.29, 1.82) is 0 Å². The summed E-state index contributed by atoms with van der Waals surface area (Å²) in [7, 11) is 0. The first-order valence-corrected chi connectivity index (χ1v) is 4.08. The second kappa shape index (κ2) is 4.36. The van der Waals surface area contributed by atoms with Crippen molar-refractivity contribution >= 4 is 17.4 Å². The highest BCUT2D eigenvalue weighted by molar-refractivity contribution is 6.28. The van der Waals surface area contributed by atoms with E-state index >= 15 is 0 Å². The van der Waals surface area contributed by atoms with Crippen LogP contribution in [-0.4, -0.2) is 37.4 Å². The smallest absolute Gasteiger partial charge is 0.383 e. The molecule has 0 radical (unpaired) electrons. The van der Waals surface area contributed by atoms with Gasteiger partial charge in [-0.1, -0.05) is 0 Å². The van der Waals surface area contributed by atoms with E-state index in [-0.39, 0.29) is 17.6 Å². The third kappa shape index (κ3) is 2.41.